The summed E-state index contributed by atoms with van der Waals surface area (Å²) in [6.45, 7) is 7.92. The Morgan fingerprint density at radius 1 is 1.13 bits per heavy atom. The van der Waals surface area contributed by atoms with Crippen molar-refractivity contribution in [3.8, 4) is 17.2 Å². The lowest BCUT2D eigenvalue weighted by Gasteiger charge is -2.59. The molecule has 1 spiro atoms. The lowest BCUT2D eigenvalue weighted by molar-refractivity contribution is -0.214. The highest BCUT2D eigenvalue weighted by Crippen LogP contribution is 2.77. The summed E-state index contributed by atoms with van der Waals surface area (Å²) < 4.78 is 23.9. The second kappa shape index (κ2) is 6.73. The van der Waals surface area contributed by atoms with Gasteiger partial charge in [-0.2, -0.15) is 0 Å². The van der Waals surface area contributed by atoms with E-state index in [9.17, 15) is 24.6 Å². The van der Waals surface area contributed by atoms with E-state index in [4.69, 9.17) is 18.9 Å². The highest BCUT2D eigenvalue weighted by atomic mass is 16.7. The Labute approximate surface area is 220 Å². The summed E-state index contributed by atoms with van der Waals surface area (Å²) in [4.78, 5) is 39.4. The van der Waals surface area contributed by atoms with E-state index < -0.39 is 57.7 Å². The van der Waals surface area contributed by atoms with Crippen LogP contribution in [0.4, 0.5) is 0 Å². The molecule has 0 radical (unpaired) electrons. The number of esters is 2. The maximum absolute atomic E-state index is 13.8. The van der Waals surface area contributed by atoms with Crippen molar-refractivity contribution in [3.05, 3.63) is 22.8 Å². The fourth-order valence-corrected chi connectivity index (χ4v) is 9.74. The van der Waals surface area contributed by atoms with Gasteiger partial charge in [0.2, 0.25) is 11.2 Å². The third kappa shape index (κ3) is 2.26. The van der Waals surface area contributed by atoms with Crippen LogP contribution in [-0.4, -0.2) is 58.0 Å². The largest absolute Gasteiger partial charge is 0.506 e. The van der Waals surface area contributed by atoms with Gasteiger partial charge in [-0.3, -0.25) is 4.79 Å². The SMILES string of the molecule is COc1cc2c(c(O)c1C(C)=O)C=C1C(=O)OC3C45CCC6C(C)(C)CCCC6(C)C4C(O)(C(=O)O5)C13O2. The number of aliphatic hydroxyl groups is 1. The quantitative estimate of drug-likeness (QED) is 0.442. The molecule has 3 heterocycles. The fraction of sp³-hybridized carbons (Fsp3) is 0.621. The summed E-state index contributed by atoms with van der Waals surface area (Å²) in [5.41, 5.74) is -5.77. The molecule has 0 aromatic heterocycles. The topological polar surface area (TPSA) is 129 Å². The minimum absolute atomic E-state index is 0.000435. The van der Waals surface area contributed by atoms with E-state index in [0.29, 0.717) is 6.42 Å². The Morgan fingerprint density at radius 3 is 2.55 bits per heavy atom. The van der Waals surface area contributed by atoms with Crippen LogP contribution < -0.4 is 9.47 Å². The number of ether oxygens (including phenoxy) is 4. The molecule has 5 fully saturated rings. The van der Waals surface area contributed by atoms with Crippen LogP contribution >= 0.6 is 0 Å². The molecule has 1 aromatic rings. The van der Waals surface area contributed by atoms with E-state index in [2.05, 4.69) is 20.8 Å². The van der Waals surface area contributed by atoms with Crippen molar-refractivity contribution in [2.45, 2.75) is 82.7 Å². The van der Waals surface area contributed by atoms with Gasteiger partial charge in [-0.25, -0.2) is 9.59 Å². The second-order valence-electron chi connectivity index (χ2n) is 12.9. The molecule has 0 amide bonds. The monoisotopic (exact) mass is 524 g/mol. The molecular formula is C29H32O9. The van der Waals surface area contributed by atoms with E-state index in [-0.39, 0.29) is 39.5 Å². The molecule has 7 rings (SSSR count). The van der Waals surface area contributed by atoms with Crippen LogP contribution in [0.3, 0.4) is 0 Å². The number of benzene rings is 1. The first-order chi connectivity index (χ1) is 17.8. The maximum Gasteiger partial charge on any atom is 0.344 e. The predicted molar refractivity (Wildman–Crippen MR) is 132 cm³/mol. The van der Waals surface area contributed by atoms with Gasteiger partial charge in [0.25, 0.3) is 0 Å². The molecule has 38 heavy (non-hydrogen) atoms. The Bertz CT molecular complexity index is 1390. The van der Waals surface area contributed by atoms with Crippen molar-refractivity contribution >= 4 is 23.8 Å². The number of fused-ring (bicyclic) bond motifs is 2. The van der Waals surface area contributed by atoms with E-state index in [0.717, 1.165) is 25.7 Å². The van der Waals surface area contributed by atoms with Gasteiger partial charge in [-0.15, -0.1) is 0 Å². The normalized spacial score (nSPS) is 42.9. The maximum atomic E-state index is 13.8. The Hall–Kier alpha value is -3.07. The zero-order chi connectivity index (χ0) is 27.2. The molecular weight excluding hydrogens is 492 g/mol. The Balaban J connectivity index is 1.48. The molecule has 6 aliphatic rings. The van der Waals surface area contributed by atoms with Crippen molar-refractivity contribution in [3.63, 3.8) is 0 Å². The molecule has 2 saturated heterocycles. The van der Waals surface area contributed by atoms with Gasteiger partial charge < -0.3 is 29.2 Å². The number of carbonyl (C=O) groups excluding carboxylic acids is 3. The van der Waals surface area contributed by atoms with Gasteiger partial charge in [-0.1, -0.05) is 27.2 Å². The van der Waals surface area contributed by atoms with E-state index in [1.165, 1.54) is 26.2 Å². The minimum atomic E-state index is -2.20. The number of hydrogen-bond acceptors (Lipinski definition) is 9. The van der Waals surface area contributed by atoms with Gasteiger partial charge in [-0.05, 0) is 55.4 Å². The summed E-state index contributed by atoms with van der Waals surface area (Å²) in [7, 11) is 1.36. The van der Waals surface area contributed by atoms with Gasteiger partial charge in [0.1, 0.15) is 22.8 Å². The summed E-state index contributed by atoms with van der Waals surface area (Å²) in [5.74, 6) is -2.66. The van der Waals surface area contributed by atoms with Crippen LogP contribution in [0.1, 0.15) is 75.7 Å². The van der Waals surface area contributed by atoms with Crippen LogP contribution in [0.15, 0.2) is 11.6 Å². The summed E-state index contributed by atoms with van der Waals surface area (Å²) >= 11 is 0. The van der Waals surface area contributed by atoms with Crippen LogP contribution in [-0.2, 0) is 19.1 Å². The smallest absolute Gasteiger partial charge is 0.344 e. The average Bonchev–Trinajstić information content (AvgIpc) is 3.34. The first-order valence-corrected chi connectivity index (χ1v) is 13.3. The van der Waals surface area contributed by atoms with E-state index >= 15 is 0 Å². The zero-order valence-corrected chi connectivity index (χ0v) is 22.2. The van der Waals surface area contributed by atoms with Crippen molar-refractivity contribution in [2.75, 3.05) is 7.11 Å². The number of methoxy groups -OCH3 is 1. The number of aromatic hydroxyl groups is 1. The zero-order valence-electron chi connectivity index (χ0n) is 22.2. The number of rotatable bonds is 2. The third-order valence-electron chi connectivity index (χ3n) is 10.9. The molecule has 2 bridgehead atoms. The molecule has 9 heteroatoms. The van der Waals surface area contributed by atoms with Gasteiger partial charge in [0.05, 0.1) is 24.2 Å². The third-order valence-corrected chi connectivity index (χ3v) is 10.9. The summed E-state index contributed by atoms with van der Waals surface area (Å²) in [6.07, 6.45) is 4.33. The molecule has 3 aliphatic heterocycles. The highest BCUT2D eigenvalue weighted by molar-refractivity contribution is 6.07. The lowest BCUT2D eigenvalue weighted by Crippen LogP contribution is -2.68. The molecule has 202 valence electrons. The molecule has 7 atom stereocenters. The van der Waals surface area contributed by atoms with Gasteiger partial charge in [0, 0.05) is 6.07 Å². The summed E-state index contributed by atoms with van der Waals surface area (Å²) in [5, 5.41) is 23.7. The van der Waals surface area contributed by atoms with Crippen molar-refractivity contribution in [1.82, 2.24) is 0 Å². The van der Waals surface area contributed by atoms with Crippen molar-refractivity contribution in [2.24, 2.45) is 22.7 Å². The van der Waals surface area contributed by atoms with E-state index in [1.54, 1.807) is 0 Å². The fourth-order valence-electron chi connectivity index (χ4n) is 9.74. The number of phenolic OH excluding ortho intramolecular Hbond substituents is 1. The number of phenols is 1. The van der Waals surface area contributed by atoms with Crippen LogP contribution in [0.25, 0.3) is 6.08 Å². The molecule has 9 nitrogen and oxygen atoms in total. The van der Waals surface area contributed by atoms with Crippen LogP contribution in [0, 0.1) is 22.7 Å². The molecule has 3 aliphatic carbocycles. The highest BCUT2D eigenvalue weighted by Gasteiger charge is 2.94. The predicted octanol–water partition coefficient (Wildman–Crippen LogP) is 3.33. The second-order valence-corrected chi connectivity index (χ2v) is 12.9. The Morgan fingerprint density at radius 2 is 1.87 bits per heavy atom. The molecule has 7 unspecified atom stereocenters. The summed E-state index contributed by atoms with van der Waals surface area (Å²) in [6, 6.07) is 1.45. The van der Waals surface area contributed by atoms with Gasteiger partial charge in [0.15, 0.2) is 17.5 Å². The Kier molecular flexibility index (Phi) is 4.25. The minimum Gasteiger partial charge on any atom is -0.506 e. The average molecular weight is 525 g/mol. The van der Waals surface area contributed by atoms with Gasteiger partial charge >= 0.3 is 11.9 Å². The molecule has 3 saturated carbocycles. The van der Waals surface area contributed by atoms with Crippen molar-refractivity contribution < 1.29 is 43.5 Å². The van der Waals surface area contributed by atoms with Crippen LogP contribution in [0.5, 0.6) is 17.2 Å². The van der Waals surface area contributed by atoms with Crippen molar-refractivity contribution in [1.29, 1.82) is 0 Å². The number of hydrogen-bond donors (Lipinski definition) is 2. The first kappa shape index (κ1) is 24.0. The van der Waals surface area contributed by atoms with E-state index in [1.807, 2.05) is 0 Å². The van der Waals surface area contributed by atoms with Crippen LogP contribution in [0.2, 0.25) is 0 Å². The number of carbonyl (C=O) groups is 3. The number of ketones is 1. The molecule has 2 N–H and O–H groups in total. The lowest BCUT2D eigenvalue weighted by atomic mass is 9.44. The number of Topliss-reactive ketones (excluding diaryl/α,β-unsaturated/α-hetero) is 1. The molecule has 1 aromatic carbocycles. The standard InChI is InChI=1S/C29H32O9/c1-13(30)19-17(35-5)12-16-14(20(19)31)11-15-21(32)36-23-27-10-7-18-25(2,3)8-6-9-26(18,4)22(27)28(34,24(33)38-27)29(15,23)37-16/h11-12,18,22-23,31,34H,6-10H2,1-5H3. The first-order valence-electron chi connectivity index (χ1n) is 13.3.